The molecule has 0 spiro atoms. The van der Waals surface area contributed by atoms with Crippen LogP contribution in [0.3, 0.4) is 0 Å². The molecule has 5 N–H and O–H groups in total. The van der Waals surface area contributed by atoms with Crippen LogP contribution in [0.2, 0.25) is 0 Å². The van der Waals surface area contributed by atoms with Crippen LogP contribution in [-0.4, -0.2) is 24.6 Å². The number of hydrogen-bond donors (Lipinski definition) is 3. The van der Waals surface area contributed by atoms with Crippen LogP contribution < -0.4 is 16.8 Å². The Labute approximate surface area is 108 Å². The van der Waals surface area contributed by atoms with Crippen LogP contribution in [-0.2, 0) is 6.54 Å². The fourth-order valence-electron chi connectivity index (χ4n) is 1.67. The van der Waals surface area contributed by atoms with Crippen LogP contribution >= 0.6 is 0 Å². The van der Waals surface area contributed by atoms with Gasteiger partial charge in [-0.2, -0.15) is 19.5 Å². The standard InChI is InChI=1S/C11H12N8/c12-8-15-9(13)19-11(16-8)17-10(18-19)14-6-7-4-2-1-3-5-7/h1-5H,6H2,(H5,12,13,14,15,16,17,18). The molecular weight excluding hydrogens is 244 g/mol. The molecule has 2 aromatic heterocycles. The molecule has 2 heterocycles. The number of fused-ring (bicyclic) bond motifs is 1. The quantitative estimate of drug-likeness (QED) is 0.616. The Kier molecular flexibility index (Phi) is 2.60. The van der Waals surface area contributed by atoms with Gasteiger partial charge < -0.3 is 16.8 Å². The summed E-state index contributed by atoms with van der Waals surface area (Å²) in [6, 6.07) is 9.92. The molecule has 8 nitrogen and oxygen atoms in total. The molecule has 19 heavy (non-hydrogen) atoms. The first-order valence-electron chi connectivity index (χ1n) is 5.66. The van der Waals surface area contributed by atoms with Crippen molar-refractivity contribution in [2.24, 2.45) is 0 Å². The second-order valence-corrected chi connectivity index (χ2v) is 3.93. The SMILES string of the molecule is Nc1nc(N)n2nc(NCc3ccccc3)nc2n1. The molecule has 0 radical (unpaired) electrons. The lowest BCUT2D eigenvalue weighted by molar-refractivity contribution is 0.910. The molecule has 0 unspecified atom stereocenters. The van der Waals surface area contributed by atoms with Crippen LogP contribution in [0.1, 0.15) is 5.56 Å². The van der Waals surface area contributed by atoms with Crippen LogP contribution in [0.5, 0.6) is 0 Å². The Bertz CT molecular complexity index is 705. The highest BCUT2D eigenvalue weighted by atomic mass is 15.4. The first kappa shape index (κ1) is 11.2. The third-order valence-electron chi connectivity index (χ3n) is 2.54. The molecule has 3 rings (SSSR count). The molecule has 0 saturated carbocycles. The predicted molar refractivity (Wildman–Crippen MR) is 71.2 cm³/mol. The van der Waals surface area contributed by atoms with Crippen LogP contribution in [0.25, 0.3) is 5.78 Å². The van der Waals surface area contributed by atoms with E-state index in [0.717, 1.165) is 5.56 Å². The fourth-order valence-corrected chi connectivity index (χ4v) is 1.67. The molecule has 1 aromatic carbocycles. The highest BCUT2D eigenvalue weighted by Crippen LogP contribution is 2.09. The van der Waals surface area contributed by atoms with Crippen molar-refractivity contribution in [3.8, 4) is 0 Å². The molecule has 0 aliphatic rings. The van der Waals surface area contributed by atoms with Crippen molar-refractivity contribution < 1.29 is 0 Å². The summed E-state index contributed by atoms with van der Waals surface area (Å²) >= 11 is 0. The summed E-state index contributed by atoms with van der Waals surface area (Å²) in [6.45, 7) is 0.612. The first-order valence-corrected chi connectivity index (χ1v) is 5.66. The van der Waals surface area contributed by atoms with E-state index in [1.807, 2.05) is 30.3 Å². The van der Waals surface area contributed by atoms with Crippen molar-refractivity contribution in [1.29, 1.82) is 0 Å². The van der Waals surface area contributed by atoms with Crippen molar-refractivity contribution in [3.63, 3.8) is 0 Å². The number of nitrogens with zero attached hydrogens (tertiary/aromatic N) is 5. The molecule has 0 saturated heterocycles. The van der Waals surface area contributed by atoms with Crippen molar-refractivity contribution in [3.05, 3.63) is 35.9 Å². The van der Waals surface area contributed by atoms with Gasteiger partial charge in [0.2, 0.25) is 17.8 Å². The lowest BCUT2D eigenvalue weighted by Crippen LogP contribution is -2.07. The number of aromatic nitrogens is 5. The van der Waals surface area contributed by atoms with Crippen molar-refractivity contribution in [2.75, 3.05) is 16.8 Å². The Morgan fingerprint density at radius 2 is 1.84 bits per heavy atom. The van der Waals surface area contributed by atoms with E-state index in [4.69, 9.17) is 11.5 Å². The second-order valence-electron chi connectivity index (χ2n) is 3.93. The predicted octanol–water partition coefficient (Wildman–Crippen LogP) is 0.296. The van der Waals surface area contributed by atoms with Gasteiger partial charge in [0.25, 0.3) is 5.78 Å². The molecule has 0 aliphatic carbocycles. The Balaban J connectivity index is 1.84. The zero-order valence-corrected chi connectivity index (χ0v) is 9.98. The lowest BCUT2D eigenvalue weighted by atomic mass is 10.2. The molecule has 0 atom stereocenters. The van der Waals surface area contributed by atoms with E-state index in [1.165, 1.54) is 4.52 Å². The Morgan fingerprint density at radius 1 is 1.05 bits per heavy atom. The van der Waals surface area contributed by atoms with Crippen LogP contribution in [0.4, 0.5) is 17.8 Å². The lowest BCUT2D eigenvalue weighted by Gasteiger charge is -2.00. The van der Waals surface area contributed by atoms with E-state index in [9.17, 15) is 0 Å². The minimum Gasteiger partial charge on any atom is -0.368 e. The number of hydrogen-bond acceptors (Lipinski definition) is 7. The number of nitrogens with two attached hydrogens (primary N) is 2. The summed E-state index contributed by atoms with van der Waals surface area (Å²) in [5, 5.41) is 7.25. The molecule has 96 valence electrons. The van der Waals surface area contributed by atoms with Crippen LogP contribution in [0.15, 0.2) is 30.3 Å². The minimum absolute atomic E-state index is 0.0759. The zero-order chi connectivity index (χ0) is 13.2. The van der Waals surface area contributed by atoms with Crippen molar-refractivity contribution in [1.82, 2.24) is 24.6 Å². The molecular formula is C11H12N8. The minimum atomic E-state index is 0.0759. The summed E-state index contributed by atoms with van der Waals surface area (Å²) in [5.41, 5.74) is 12.3. The third kappa shape index (κ3) is 2.23. The van der Waals surface area contributed by atoms with Crippen molar-refractivity contribution >= 4 is 23.6 Å². The smallest absolute Gasteiger partial charge is 0.260 e. The van der Waals surface area contributed by atoms with Gasteiger partial charge in [-0.05, 0) is 5.56 Å². The second kappa shape index (κ2) is 4.41. The van der Waals surface area contributed by atoms with Gasteiger partial charge in [0, 0.05) is 6.54 Å². The fraction of sp³-hybridized carbons (Fsp3) is 0.0909. The maximum atomic E-state index is 5.68. The van der Waals surface area contributed by atoms with E-state index in [1.54, 1.807) is 0 Å². The van der Waals surface area contributed by atoms with Crippen LogP contribution in [0, 0.1) is 0 Å². The maximum absolute atomic E-state index is 5.68. The molecule has 8 heteroatoms. The maximum Gasteiger partial charge on any atom is 0.260 e. The van der Waals surface area contributed by atoms with E-state index >= 15 is 0 Å². The average molecular weight is 256 g/mol. The van der Waals surface area contributed by atoms with Crippen molar-refractivity contribution in [2.45, 2.75) is 6.54 Å². The zero-order valence-electron chi connectivity index (χ0n) is 9.98. The molecule has 3 aromatic rings. The largest absolute Gasteiger partial charge is 0.368 e. The monoisotopic (exact) mass is 256 g/mol. The highest BCUT2D eigenvalue weighted by Gasteiger charge is 2.08. The number of nitrogens with one attached hydrogen (secondary N) is 1. The van der Waals surface area contributed by atoms with Gasteiger partial charge in [-0.25, -0.2) is 0 Å². The summed E-state index contributed by atoms with van der Waals surface area (Å²) < 4.78 is 1.34. The topological polar surface area (TPSA) is 120 Å². The van der Waals surface area contributed by atoms with Gasteiger partial charge in [-0.3, -0.25) is 0 Å². The summed E-state index contributed by atoms with van der Waals surface area (Å²) in [6.07, 6.45) is 0. The van der Waals surface area contributed by atoms with Gasteiger partial charge in [-0.1, -0.05) is 30.3 Å². The molecule has 0 bridgehead atoms. The number of rotatable bonds is 3. The Morgan fingerprint density at radius 3 is 2.63 bits per heavy atom. The summed E-state index contributed by atoms with van der Waals surface area (Å²) in [5.74, 6) is 0.978. The van der Waals surface area contributed by atoms with Gasteiger partial charge in [0.05, 0.1) is 0 Å². The summed E-state index contributed by atoms with van der Waals surface area (Å²) in [4.78, 5) is 11.9. The summed E-state index contributed by atoms with van der Waals surface area (Å²) in [7, 11) is 0. The van der Waals surface area contributed by atoms with Gasteiger partial charge in [0.1, 0.15) is 0 Å². The van der Waals surface area contributed by atoms with Gasteiger partial charge >= 0.3 is 0 Å². The Hall–Kier alpha value is -2.90. The molecule has 0 amide bonds. The number of anilines is 3. The van der Waals surface area contributed by atoms with E-state index < -0.39 is 0 Å². The normalized spacial score (nSPS) is 10.7. The van der Waals surface area contributed by atoms with E-state index in [2.05, 4.69) is 25.4 Å². The molecule has 0 fully saturated rings. The van der Waals surface area contributed by atoms with Gasteiger partial charge in [0.15, 0.2) is 0 Å². The van der Waals surface area contributed by atoms with Gasteiger partial charge in [-0.15, -0.1) is 5.10 Å². The highest BCUT2D eigenvalue weighted by molar-refractivity contribution is 5.45. The first-order chi connectivity index (χ1) is 9.22. The number of benzene rings is 1. The average Bonchev–Trinajstić information content (AvgIpc) is 2.81. The molecule has 0 aliphatic heterocycles. The van der Waals surface area contributed by atoms with E-state index in [0.29, 0.717) is 18.3 Å². The third-order valence-corrected chi connectivity index (χ3v) is 2.54. The van der Waals surface area contributed by atoms with E-state index in [-0.39, 0.29) is 11.9 Å². The number of nitrogen functional groups attached to an aromatic ring is 2.